The number of H-pyrrole nitrogens is 1. The Morgan fingerprint density at radius 2 is 1.88 bits per heavy atom. The summed E-state index contributed by atoms with van der Waals surface area (Å²) in [5.41, 5.74) is 3.01. The molecule has 0 atom stereocenters. The highest BCUT2D eigenvalue weighted by atomic mass is 16.3. The summed E-state index contributed by atoms with van der Waals surface area (Å²) in [6, 6.07) is 8.06. The van der Waals surface area contributed by atoms with E-state index in [1.165, 1.54) is 12.8 Å². The standard InChI is InChI=1S/C20H22N4O2/c21-10-16-18(23-7-5-20(3-4-20)6-8-23)15-9-13(24-11-14(25)12-24)1-2-17(15)22-19(16)26/h1-2,9,14,25H,3-8,11-12H2,(H,22,26). The Labute approximate surface area is 151 Å². The maximum absolute atomic E-state index is 12.4. The Bertz CT molecular complexity index is 970. The fraction of sp³-hybridized carbons (Fsp3) is 0.500. The quantitative estimate of drug-likeness (QED) is 0.865. The van der Waals surface area contributed by atoms with Gasteiger partial charge in [0.25, 0.3) is 5.56 Å². The van der Waals surface area contributed by atoms with Gasteiger partial charge in [-0.25, -0.2) is 0 Å². The SMILES string of the molecule is N#Cc1c(N2CCC3(CC2)CC3)c2cc(N3CC(O)C3)ccc2[nH]c1=O. The van der Waals surface area contributed by atoms with Crippen LogP contribution in [0.5, 0.6) is 0 Å². The molecule has 6 heteroatoms. The number of nitrogens with one attached hydrogen (secondary N) is 1. The predicted molar refractivity (Wildman–Crippen MR) is 101 cm³/mol. The molecule has 3 fully saturated rings. The summed E-state index contributed by atoms with van der Waals surface area (Å²) in [7, 11) is 0. The molecule has 0 unspecified atom stereocenters. The molecular formula is C20H22N4O2. The number of pyridine rings is 1. The highest BCUT2D eigenvalue weighted by Crippen LogP contribution is 2.54. The summed E-state index contributed by atoms with van der Waals surface area (Å²) < 4.78 is 0. The first-order valence-electron chi connectivity index (χ1n) is 9.37. The van der Waals surface area contributed by atoms with Gasteiger partial charge in [-0.05, 0) is 49.3 Å². The number of benzene rings is 1. The number of nitriles is 1. The van der Waals surface area contributed by atoms with E-state index in [0.29, 0.717) is 18.5 Å². The highest BCUT2D eigenvalue weighted by molar-refractivity contribution is 5.96. The summed E-state index contributed by atoms with van der Waals surface area (Å²) >= 11 is 0. The molecule has 0 bridgehead atoms. The van der Waals surface area contributed by atoms with E-state index in [1.807, 2.05) is 12.1 Å². The molecule has 2 aromatic rings. The van der Waals surface area contributed by atoms with Gasteiger partial charge in [0, 0.05) is 37.3 Å². The van der Waals surface area contributed by atoms with Crippen molar-refractivity contribution in [3.05, 3.63) is 34.1 Å². The van der Waals surface area contributed by atoms with E-state index in [2.05, 4.69) is 26.9 Å². The minimum absolute atomic E-state index is 0.213. The Balaban J connectivity index is 1.62. The number of piperidine rings is 1. The average Bonchev–Trinajstić information content (AvgIpc) is 3.37. The molecule has 134 valence electrons. The van der Waals surface area contributed by atoms with E-state index >= 15 is 0 Å². The number of hydrogen-bond acceptors (Lipinski definition) is 5. The van der Waals surface area contributed by atoms with Crippen LogP contribution in [0, 0.1) is 16.7 Å². The van der Waals surface area contributed by atoms with E-state index in [0.717, 1.165) is 48.2 Å². The lowest BCUT2D eigenvalue weighted by molar-refractivity contribution is 0.142. The number of hydrogen-bond donors (Lipinski definition) is 2. The van der Waals surface area contributed by atoms with Crippen molar-refractivity contribution in [2.45, 2.75) is 31.8 Å². The molecule has 1 aromatic heterocycles. The number of β-amino-alcohol motifs (C(OH)–C–C–N with tert-alkyl or cyclic N) is 1. The Hall–Kier alpha value is -2.52. The minimum Gasteiger partial charge on any atom is -0.389 e. The topological polar surface area (TPSA) is 83.4 Å². The van der Waals surface area contributed by atoms with Crippen molar-refractivity contribution in [2.24, 2.45) is 5.41 Å². The van der Waals surface area contributed by atoms with Gasteiger partial charge in [0.1, 0.15) is 11.6 Å². The van der Waals surface area contributed by atoms with Crippen molar-refractivity contribution in [1.82, 2.24) is 4.98 Å². The third kappa shape index (κ3) is 2.38. The largest absolute Gasteiger partial charge is 0.389 e. The van der Waals surface area contributed by atoms with E-state index in [1.54, 1.807) is 0 Å². The molecule has 6 nitrogen and oxygen atoms in total. The Morgan fingerprint density at radius 1 is 1.15 bits per heavy atom. The van der Waals surface area contributed by atoms with Crippen LogP contribution in [0.25, 0.3) is 10.9 Å². The predicted octanol–water partition coefficient (Wildman–Crippen LogP) is 1.96. The summed E-state index contributed by atoms with van der Waals surface area (Å²) in [6.07, 6.45) is 4.66. The normalized spacial score (nSPS) is 21.7. The van der Waals surface area contributed by atoms with Gasteiger partial charge in [0.05, 0.1) is 17.3 Å². The molecule has 2 N–H and O–H groups in total. The van der Waals surface area contributed by atoms with E-state index in [4.69, 9.17) is 0 Å². The van der Waals surface area contributed by atoms with Crippen LogP contribution in [0.1, 0.15) is 31.2 Å². The zero-order chi connectivity index (χ0) is 17.9. The molecule has 1 saturated carbocycles. The lowest BCUT2D eigenvalue weighted by Crippen LogP contribution is -2.50. The Morgan fingerprint density at radius 3 is 2.50 bits per heavy atom. The summed E-state index contributed by atoms with van der Waals surface area (Å²) in [5, 5.41) is 20.1. The number of aliphatic hydroxyl groups is 1. The fourth-order valence-electron chi connectivity index (χ4n) is 4.44. The van der Waals surface area contributed by atoms with Gasteiger partial charge in [0.2, 0.25) is 0 Å². The van der Waals surface area contributed by atoms with Crippen LogP contribution in [-0.4, -0.2) is 42.4 Å². The second-order valence-electron chi connectivity index (χ2n) is 8.07. The van der Waals surface area contributed by atoms with Crippen molar-refractivity contribution < 1.29 is 5.11 Å². The van der Waals surface area contributed by atoms with Crippen LogP contribution in [0.15, 0.2) is 23.0 Å². The first kappa shape index (κ1) is 15.7. The van der Waals surface area contributed by atoms with Crippen molar-refractivity contribution >= 4 is 22.3 Å². The van der Waals surface area contributed by atoms with Gasteiger partial charge in [-0.15, -0.1) is 0 Å². The van der Waals surface area contributed by atoms with Crippen LogP contribution in [0.3, 0.4) is 0 Å². The lowest BCUT2D eigenvalue weighted by atomic mass is 9.92. The highest BCUT2D eigenvalue weighted by Gasteiger charge is 2.44. The molecule has 1 spiro atoms. The molecule has 1 aromatic carbocycles. The third-order valence-electron chi connectivity index (χ3n) is 6.41. The summed E-state index contributed by atoms with van der Waals surface area (Å²) in [4.78, 5) is 19.6. The molecule has 26 heavy (non-hydrogen) atoms. The fourth-order valence-corrected chi connectivity index (χ4v) is 4.44. The Kier molecular flexibility index (Phi) is 3.32. The zero-order valence-corrected chi connectivity index (χ0v) is 14.7. The smallest absolute Gasteiger partial charge is 0.268 e. The number of rotatable bonds is 2. The summed E-state index contributed by atoms with van der Waals surface area (Å²) in [6.45, 7) is 3.06. The second-order valence-corrected chi connectivity index (χ2v) is 8.07. The zero-order valence-electron chi connectivity index (χ0n) is 14.7. The number of aromatic nitrogens is 1. The maximum atomic E-state index is 12.4. The van der Waals surface area contributed by atoms with Gasteiger partial charge >= 0.3 is 0 Å². The molecule has 2 saturated heterocycles. The van der Waals surface area contributed by atoms with Crippen molar-refractivity contribution in [3.63, 3.8) is 0 Å². The maximum Gasteiger partial charge on any atom is 0.268 e. The van der Waals surface area contributed by atoms with Crippen LogP contribution < -0.4 is 15.4 Å². The van der Waals surface area contributed by atoms with Crippen LogP contribution in [0.4, 0.5) is 11.4 Å². The number of aliphatic hydroxyl groups excluding tert-OH is 1. The van der Waals surface area contributed by atoms with E-state index in [9.17, 15) is 15.2 Å². The second kappa shape index (κ2) is 5.49. The molecule has 0 amide bonds. The van der Waals surface area contributed by atoms with Gasteiger partial charge < -0.3 is 19.9 Å². The van der Waals surface area contributed by atoms with Crippen LogP contribution in [-0.2, 0) is 0 Å². The first-order chi connectivity index (χ1) is 12.6. The first-order valence-corrected chi connectivity index (χ1v) is 9.37. The molecule has 1 aliphatic carbocycles. The molecule has 3 heterocycles. The summed E-state index contributed by atoms with van der Waals surface area (Å²) in [5.74, 6) is 0. The van der Waals surface area contributed by atoms with Crippen LogP contribution >= 0.6 is 0 Å². The van der Waals surface area contributed by atoms with Crippen molar-refractivity contribution in [1.29, 1.82) is 5.26 Å². The van der Waals surface area contributed by atoms with Gasteiger partial charge in [0.15, 0.2) is 0 Å². The number of nitrogens with zero attached hydrogens (tertiary/aromatic N) is 3. The molecule has 5 rings (SSSR count). The molecule has 3 aliphatic rings. The van der Waals surface area contributed by atoms with Gasteiger partial charge in [-0.1, -0.05) is 0 Å². The van der Waals surface area contributed by atoms with Crippen molar-refractivity contribution in [3.8, 4) is 6.07 Å². The van der Waals surface area contributed by atoms with E-state index in [-0.39, 0.29) is 17.2 Å². The number of fused-ring (bicyclic) bond motifs is 1. The average molecular weight is 350 g/mol. The van der Waals surface area contributed by atoms with Crippen molar-refractivity contribution in [2.75, 3.05) is 36.0 Å². The van der Waals surface area contributed by atoms with Gasteiger partial charge in [-0.3, -0.25) is 4.79 Å². The minimum atomic E-state index is -0.311. The van der Waals surface area contributed by atoms with E-state index < -0.39 is 0 Å². The lowest BCUT2D eigenvalue weighted by Gasteiger charge is -2.38. The molecule has 2 aliphatic heterocycles. The molecular weight excluding hydrogens is 328 g/mol. The monoisotopic (exact) mass is 350 g/mol. The van der Waals surface area contributed by atoms with Gasteiger partial charge in [-0.2, -0.15) is 5.26 Å². The third-order valence-corrected chi connectivity index (χ3v) is 6.41. The number of aromatic amines is 1. The van der Waals surface area contributed by atoms with Crippen LogP contribution in [0.2, 0.25) is 0 Å². The molecule has 0 radical (unpaired) electrons. The number of anilines is 2.